The van der Waals surface area contributed by atoms with Gasteiger partial charge in [0.05, 0.1) is 11.3 Å². The van der Waals surface area contributed by atoms with E-state index in [1.165, 1.54) is 35.2 Å². The molecule has 0 unspecified atom stereocenters. The Hall–Kier alpha value is -3.48. The Morgan fingerprint density at radius 2 is 1.90 bits per heavy atom. The van der Waals surface area contributed by atoms with Crippen molar-refractivity contribution in [2.75, 3.05) is 11.1 Å². The Balaban J connectivity index is 1.59. The summed E-state index contributed by atoms with van der Waals surface area (Å²) >= 11 is 2.53. The van der Waals surface area contributed by atoms with Crippen LogP contribution in [-0.4, -0.2) is 26.4 Å². The largest absolute Gasteiger partial charge is 0.316 e. The van der Waals surface area contributed by atoms with Gasteiger partial charge in [-0.15, -0.1) is 21.5 Å². The predicted molar refractivity (Wildman–Crippen MR) is 115 cm³/mol. The molecule has 0 saturated carbocycles. The molecule has 4 aromatic rings. The molecule has 6 nitrogen and oxygen atoms in total. The van der Waals surface area contributed by atoms with Crippen LogP contribution in [0.5, 0.6) is 0 Å². The van der Waals surface area contributed by atoms with Crippen LogP contribution in [0.25, 0.3) is 17.1 Å². The number of aromatic nitrogens is 3. The normalized spacial score (nSPS) is 10.5. The number of para-hydroxylation sites is 1. The van der Waals surface area contributed by atoms with Crippen LogP contribution in [0.15, 0.2) is 71.2 Å². The van der Waals surface area contributed by atoms with E-state index in [2.05, 4.69) is 15.5 Å². The fourth-order valence-electron chi connectivity index (χ4n) is 2.75. The zero-order valence-electron chi connectivity index (χ0n) is 15.4. The molecule has 0 saturated heterocycles. The average molecular weight is 436 g/mol. The summed E-state index contributed by atoms with van der Waals surface area (Å²) in [6.45, 7) is 0. The van der Waals surface area contributed by atoms with Crippen molar-refractivity contribution in [3.05, 3.63) is 77.4 Å². The van der Waals surface area contributed by atoms with Gasteiger partial charge < -0.3 is 5.32 Å². The molecule has 0 spiro atoms. The van der Waals surface area contributed by atoms with E-state index < -0.39 is 0 Å². The first-order valence-electron chi connectivity index (χ1n) is 8.82. The molecule has 0 aliphatic carbocycles. The first-order chi connectivity index (χ1) is 14.7. The molecule has 4 rings (SSSR count). The molecule has 1 amide bonds. The summed E-state index contributed by atoms with van der Waals surface area (Å²) in [5.41, 5.74) is 1.97. The highest BCUT2D eigenvalue weighted by Gasteiger charge is 2.18. The Bertz CT molecular complexity index is 1210. The van der Waals surface area contributed by atoms with Crippen molar-refractivity contribution in [2.45, 2.75) is 5.16 Å². The second kappa shape index (κ2) is 8.90. The van der Waals surface area contributed by atoms with Gasteiger partial charge >= 0.3 is 0 Å². The number of carbonyl (C=O) groups is 1. The van der Waals surface area contributed by atoms with Crippen LogP contribution in [-0.2, 0) is 4.79 Å². The van der Waals surface area contributed by atoms with Crippen molar-refractivity contribution < 1.29 is 9.18 Å². The zero-order valence-corrected chi connectivity index (χ0v) is 17.1. The Morgan fingerprint density at radius 3 is 2.63 bits per heavy atom. The number of anilines is 1. The monoisotopic (exact) mass is 435 g/mol. The summed E-state index contributed by atoms with van der Waals surface area (Å²) in [7, 11) is 0. The molecule has 30 heavy (non-hydrogen) atoms. The number of rotatable bonds is 6. The van der Waals surface area contributed by atoms with Crippen molar-refractivity contribution in [1.29, 1.82) is 5.26 Å². The van der Waals surface area contributed by atoms with Gasteiger partial charge in [0.1, 0.15) is 16.9 Å². The summed E-state index contributed by atoms with van der Waals surface area (Å²) in [6, 6.07) is 19.2. The first kappa shape index (κ1) is 19.8. The van der Waals surface area contributed by atoms with E-state index in [1.54, 1.807) is 23.6 Å². The van der Waals surface area contributed by atoms with Crippen molar-refractivity contribution >= 4 is 34.0 Å². The topological polar surface area (TPSA) is 83.6 Å². The third kappa shape index (κ3) is 4.25. The standard InChI is InChI=1S/C21H14FN5OS2/c22-16-8-6-14(7-9-16)19-25-26-21(27(19)17-4-2-1-3-5-17)30-13-18(28)24-20-15(12-23)10-11-29-20/h1-11H,13H2,(H,24,28). The number of nitriles is 1. The lowest BCUT2D eigenvalue weighted by Crippen LogP contribution is -2.14. The molecule has 0 atom stereocenters. The van der Waals surface area contributed by atoms with E-state index in [1.807, 2.05) is 41.0 Å². The number of halogens is 1. The van der Waals surface area contributed by atoms with Crippen LogP contribution < -0.4 is 5.32 Å². The Labute approximate surface area is 180 Å². The quantitative estimate of drug-likeness (QED) is 0.443. The number of amides is 1. The van der Waals surface area contributed by atoms with Gasteiger partial charge in [-0.25, -0.2) is 4.39 Å². The molecule has 2 aromatic carbocycles. The van der Waals surface area contributed by atoms with Gasteiger partial charge in [-0.05, 0) is 47.8 Å². The SMILES string of the molecule is N#Cc1ccsc1NC(=O)CSc1nnc(-c2ccc(F)cc2)n1-c1ccccc1. The lowest BCUT2D eigenvalue weighted by atomic mass is 10.2. The van der Waals surface area contributed by atoms with Crippen molar-refractivity contribution in [1.82, 2.24) is 14.8 Å². The molecule has 0 aliphatic heterocycles. The van der Waals surface area contributed by atoms with Crippen LogP contribution >= 0.6 is 23.1 Å². The third-order valence-electron chi connectivity index (χ3n) is 4.12. The van der Waals surface area contributed by atoms with Crippen LogP contribution in [0.1, 0.15) is 5.56 Å². The number of carbonyl (C=O) groups excluding carboxylic acids is 1. The minimum Gasteiger partial charge on any atom is -0.316 e. The Kier molecular flexibility index (Phi) is 5.88. The van der Waals surface area contributed by atoms with E-state index >= 15 is 0 Å². The van der Waals surface area contributed by atoms with Crippen molar-refractivity contribution in [2.24, 2.45) is 0 Å². The zero-order chi connectivity index (χ0) is 20.9. The molecule has 0 aliphatic rings. The summed E-state index contributed by atoms with van der Waals surface area (Å²) in [4.78, 5) is 12.4. The van der Waals surface area contributed by atoms with E-state index in [0.29, 0.717) is 27.1 Å². The van der Waals surface area contributed by atoms with Crippen LogP contribution in [0.3, 0.4) is 0 Å². The molecule has 148 valence electrons. The fraction of sp³-hybridized carbons (Fsp3) is 0.0476. The van der Waals surface area contributed by atoms with Crippen LogP contribution in [0, 0.1) is 17.1 Å². The molecule has 1 N–H and O–H groups in total. The van der Waals surface area contributed by atoms with Gasteiger partial charge in [-0.3, -0.25) is 9.36 Å². The first-order valence-corrected chi connectivity index (χ1v) is 10.7. The average Bonchev–Trinajstić information content (AvgIpc) is 3.40. The number of thiophene rings is 1. The second-order valence-corrected chi connectivity index (χ2v) is 7.95. The number of thioether (sulfide) groups is 1. The molecule has 2 heterocycles. The van der Waals surface area contributed by atoms with Crippen LogP contribution in [0.2, 0.25) is 0 Å². The fourth-order valence-corrected chi connectivity index (χ4v) is 4.25. The maximum Gasteiger partial charge on any atom is 0.235 e. The molecule has 9 heteroatoms. The summed E-state index contributed by atoms with van der Waals surface area (Å²) in [5.74, 6) is 0.0667. The third-order valence-corrected chi connectivity index (χ3v) is 5.88. The summed E-state index contributed by atoms with van der Waals surface area (Å²) in [5, 5.41) is 23.2. The lowest BCUT2D eigenvalue weighted by molar-refractivity contribution is -0.113. The molecular weight excluding hydrogens is 421 g/mol. The number of benzene rings is 2. The van der Waals surface area contributed by atoms with E-state index in [9.17, 15) is 9.18 Å². The van der Waals surface area contributed by atoms with Gasteiger partial charge in [-0.1, -0.05) is 30.0 Å². The van der Waals surface area contributed by atoms with Gasteiger partial charge in [0, 0.05) is 11.3 Å². The number of hydrogen-bond acceptors (Lipinski definition) is 6. The number of nitrogens with zero attached hydrogens (tertiary/aromatic N) is 4. The van der Waals surface area contributed by atoms with Crippen molar-refractivity contribution in [3.8, 4) is 23.1 Å². The van der Waals surface area contributed by atoms with Crippen LogP contribution in [0.4, 0.5) is 9.39 Å². The minimum atomic E-state index is -0.332. The highest BCUT2D eigenvalue weighted by molar-refractivity contribution is 7.99. The smallest absolute Gasteiger partial charge is 0.235 e. The van der Waals surface area contributed by atoms with Gasteiger partial charge in [0.15, 0.2) is 11.0 Å². The molecule has 0 bridgehead atoms. The van der Waals surface area contributed by atoms with E-state index in [-0.39, 0.29) is 17.5 Å². The second-order valence-electron chi connectivity index (χ2n) is 6.10. The summed E-state index contributed by atoms with van der Waals surface area (Å²) < 4.78 is 15.2. The van der Waals surface area contributed by atoms with Crippen molar-refractivity contribution in [3.63, 3.8) is 0 Å². The van der Waals surface area contributed by atoms with Gasteiger partial charge in [0.2, 0.25) is 5.91 Å². The predicted octanol–water partition coefficient (Wildman–Crippen LogP) is 4.74. The maximum absolute atomic E-state index is 13.3. The molecule has 0 radical (unpaired) electrons. The minimum absolute atomic E-state index is 0.0944. The number of hydrogen-bond donors (Lipinski definition) is 1. The Morgan fingerprint density at radius 1 is 1.13 bits per heavy atom. The van der Waals surface area contributed by atoms with Gasteiger partial charge in [0.25, 0.3) is 0 Å². The maximum atomic E-state index is 13.3. The number of nitrogens with one attached hydrogen (secondary N) is 1. The van der Waals surface area contributed by atoms with Gasteiger partial charge in [-0.2, -0.15) is 5.26 Å². The molecular formula is C21H14FN5OS2. The van der Waals surface area contributed by atoms with E-state index in [4.69, 9.17) is 5.26 Å². The molecule has 0 fully saturated rings. The van der Waals surface area contributed by atoms with E-state index in [0.717, 1.165) is 5.69 Å². The summed E-state index contributed by atoms with van der Waals surface area (Å²) in [6.07, 6.45) is 0. The highest BCUT2D eigenvalue weighted by atomic mass is 32.2. The lowest BCUT2D eigenvalue weighted by Gasteiger charge is -2.10. The highest BCUT2D eigenvalue weighted by Crippen LogP contribution is 2.28. The molecule has 2 aromatic heterocycles.